The van der Waals surface area contributed by atoms with Crippen LogP contribution in [0.1, 0.15) is 28.6 Å². The van der Waals surface area contributed by atoms with Gasteiger partial charge < -0.3 is 9.47 Å². The number of carbonyl (C=O) groups excluding carboxylic acids is 1. The van der Waals surface area contributed by atoms with E-state index in [0.29, 0.717) is 23.0 Å². The van der Waals surface area contributed by atoms with Crippen molar-refractivity contribution in [3.63, 3.8) is 0 Å². The molecule has 1 aromatic carbocycles. The van der Waals surface area contributed by atoms with E-state index in [1.165, 1.54) is 11.3 Å². The minimum absolute atomic E-state index is 0.221. The first-order valence-corrected chi connectivity index (χ1v) is 7.80. The Balaban J connectivity index is 2.00. The van der Waals surface area contributed by atoms with Gasteiger partial charge in [0.25, 0.3) is 5.91 Å². The van der Waals surface area contributed by atoms with Crippen LogP contribution in [0.25, 0.3) is 0 Å². The number of hydrogen-bond acceptors (Lipinski definition) is 5. The van der Waals surface area contributed by atoms with Gasteiger partial charge in [-0.1, -0.05) is 13.0 Å². The van der Waals surface area contributed by atoms with Crippen LogP contribution in [0.4, 0.5) is 0 Å². The standard InChI is InChI=1S/C16H18N2O3S/c1-3-8-21-13-7-6-12(10-14(13)20-2)11-17-18-16(19)15-5-4-9-22-15/h4-7,9-11H,3,8H2,1-2H3,(H,18,19)/b17-11+. The summed E-state index contributed by atoms with van der Waals surface area (Å²) in [7, 11) is 1.59. The Bertz CT molecular complexity index is 639. The molecule has 5 nitrogen and oxygen atoms in total. The van der Waals surface area contributed by atoms with Gasteiger partial charge in [-0.3, -0.25) is 4.79 Å². The lowest BCUT2D eigenvalue weighted by atomic mass is 10.2. The molecule has 0 radical (unpaired) electrons. The molecule has 1 amide bonds. The summed E-state index contributed by atoms with van der Waals surface area (Å²) in [6.45, 7) is 2.68. The average molecular weight is 318 g/mol. The van der Waals surface area contributed by atoms with Gasteiger partial charge in [-0.15, -0.1) is 11.3 Å². The van der Waals surface area contributed by atoms with Gasteiger partial charge in [-0.05, 0) is 41.6 Å². The molecule has 2 rings (SSSR count). The zero-order chi connectivity index (χ0) is 15.8. The van der Waals surface area contributed by atoms with E-state index in [9.17, 15) is 4.79 Å². The minimum atomic E-state index is -0.221. The van der Waals surface area contributed by atoms with Gasteiger partial charge in [0.05, 0.1) is 24.8 Å². The highest BCUT2D eigenvalue weighted by atomic mass is 32.1. The number of nitrogens with one attached hydrogen (secondary N) is 1. The van der Waals surface area contributed by atoms with E-state index >= 15 is 0 Å². The molecule has 2 aromatic rings. The lowest BCUT2D eigenvalue weighted by Crippen LogP contribution is -2.16. The number of thiophene rings is 1. The number of hydrazone groups is 1. The van der Waals surface area contributed by atoms with Crippen molar-refractivity contribution in [2.45, 2.75) is 13.3 Å². The molecule has 22 heavy (non-hydrogen) atoms. The lowest BCUT2D eigenvalue weighted by molar-refractivity contribution is 0.0959. The van der Waals surface area contributed by atoms with Gasteiger partial charge in [-0.2, -0.15) is 5.10 Å². The smallest absolute Gasteiger partial charge is 0.281 e. The maximum atomic E-state index is 11.7. The van der Waals surface area contributed by atoms with Crippen LogP contribution < -0.4 is 14.9 Å². The Kier molecular flexibility index (Phi) is 5.97. The molecule has 0 saturated carbocycles. The van der Waals surface area contributed by atoms with Crippen molar-refractivity contribution in [2.75, 3.05) is 13.7 Å². The third-order valence-corrected chi connectivity index (χ3v) is 3.64. The van der Waals surface area contributed by atoms with Crippen molar-refractivity contribution in [3.05, 3.63) is 46.2 Å². The summed E-state index contributed by atoms with van der Waals surface area (Å²) in [6, 6.07) is 9.07. The Morgan fingerprint density at radius 2 is 2.23 bits per heavy atom. The number of benzene rings is 1. The summed E-state index contributed by atoms with van der Waals surface area (Å²) in [5, 5.41) is 5.80. The van der Waals surface area contributed by atoms with Crippen molar-refractivity contribution in [1.82, 2.24) is 5.43 Å². The minimum Gasteiger partial charge on any atom is -0.493 e. The van der Waals surface area contributed by atoms with Crippen LogP contribution in [0.3, 0.4) is 0 Å². The fourth-order valence-corrected chi connectivity index (χ4v) is 2.34. The number of methoxy groups -OCH3 is 1. The summed E-state index contributed by atoms with van der Waals surface area (Å²) in [6.07, 6.45) is 2.50. The van der Waals surface area contributed by atoms with Gasteiger partial charge in [0.15, 0.2) is 11.5 Å². The molecule has 1 heterocycles. The van der Waals surface area contributed by atoms with Crippen LogP contribution in [0.2, 0.25) is 0 Å². The zero-order valence-electron chi connectivity index (χ0n) is 12.5. The van der Waals surface area contributed by atoms with E-state index in [1.54, 1.807) is 19.4 Å². The summed E-state index contributed by atoms with van der Waals surface area (Å²) in [5.41, 5.74) is 3.30. The van der Waals surface area contributed by atoms with Crippen molar-refractivity contribution in [1.29, 1.82) is 0 Å². The van der Waals surface area contributed by atoms with Gasteiger partial charge in [0, 0.05) is 0 Å². The largest absolute Gasteiger partial charge is 0.493 e. The van der Waals surface area contributed by atoms with Crippen LogP contribution in [-0.4, -0.2) is 25.8 Å². The molecule has 0 saturated heterocycles. The molecule has 6 heteroatoms. The van der Waals surface area contributed by atoms with Gasteiger partial charge in [0.1, 0.15) is 0 Å². The SMILES string of the molecule is CCCOc1ccc(/C=N/NC(=O)c2cccs2)cc1OC. The number of rotatable bonds is 7. The van der Waals surface area contributed by atoms with Gasteiger partial charge >= 0.3 is 0 Å². The molecule has 1 N–H and O–H groups in total. The Morgan fingerprint density at radius 1 is 1.36 bits per heavy atom. The molecule has 0 aliphatic carbocycles. The van der Waals surface area contributed by atoms with E-state index in [1.807, 2.05) is 36.6 Å². The topological polar surface area (TPSA) is 59.9 Å². The maximum Gasteiger partial charge on any atom is 0.281 e. The van der Waals surface area contributed by atoms with Gasteiger partial charge in [0.2, 0.25) is 0 Å². The molecule has 0 spiro atoms. The van der Waals surface area contributed by atoms with Crippen molar-refractivity contribution in [2.24, 2.45) is 5.10 Å². The van der Waals surface area contributed by atoms with Crippen molar-refractivity contribution < 1.29 is 14.3 Å². The number of carbonyl (C=O) groups is 1. The number of amides is 1. The van der Waals surface area contributed by atoms with E-state index in [-0.39, 0.29) is 5.91 Å². The zero-order valence-corrected chi connectivity index (χ0v) is 13.4. The third kappa shape index (κ3) is 4.33. The van der Waals surface area contributed by atoms with Crippen LogP contribution in [0, 0.1) is 0 Å². The molecule has 1 aromatic heterocycles. The first-order valence-electron chi connectivity index (χ1n) is 6.92. The second-order valence-corrected chi connectivity index (χ2v) is 5.38. The number of ether oxygens (including phenoxy) is 2. The first-order chi connectivity index (χ1) is 10.7. The third-order valence-electron chi connectivity index (χ3n) is 2.77. The highest BCUT2D eigenvalue weighted by molar-refractivity contribution is 7.12. The molecule has 0 aliphatic heterocycles. The molecular formula is C16H18N2O3S. The fourth-order valence-electron chi connectivity index (χ4n) is 1.72. The maximum absolute atomic E-state index is 11.7. The monoisotopic (exact) mass is 318 g/mol. The predicted molar refractivity (Wildman–Crippen MR) is 88.2 cm³/mol. The van der Waals surface area contributed by atoms with Crippen LogP contribution in [0.5, 0.6) is 11.5 Å². The Hall–Kier alpha value is -2.34. The van der Waals surface area contributed by atoms with E-state index in [0.717, 1.165) is 12.0 Å². The van der Waals surface area contributed by atoms with E-state index in [4.69, 9.17) is 9.47 Å². The molecular weight excluding hydrogens is 300 g/mol. The fraction of sp³-hybridized carbons (Fsp3) is 0.250. The van der Waals surface area contributed by atoms with Crippen LogP contribution in [-0.2, 0) is 0 Å². The van der Waals surface area contributed by atoms with Crippen LogP contribution >= 0.6 is 11.3 Å². The van der Waals surface area contributed by atoms with Crippen molar-refractivity contribution >= 4 is 23.5 Å². The van der Waals surface area contributed by atoms with Gasteiger partial charge in [-0.25, -0.2) is 5.43 Å². The molecule has 0 bridgehead atoms. The lowest BCUT2D eigenvalue weighted by Gasteiger charge is -2.10. The average Bonchev–Trinajstić information content (AvgIpc) is 3.07. The summed E-state index contributed by atoms with van der Waals surface area (Å²) >= 11 is 1.37. The normalized spacial score (nSPS) is 10.6. The second-order valence-electron chi connectivity index (χ2n) is 4.44. The Morgan fingerprint density at radius 3 is 2.91 bits per heavy atom. The van der Waals surface area contributed by atoms with E-state index in [2.05, 4.69) is 10.5 Å². The molecule has 0 aliphatic rings. The molecule has 116 valence electrons. The van der Waals surface area contributed by atoms with E-state index < -0.39 is 0 Å². The van der Waals surface area contributed by atoms with Crippen LogP contribution in [0.15, 0.2) is 40.8 Å². The molecule has 0 fully saturated rings. The second kappa shape index (κ2) is 8.19. The number of nitrogens with zero attached hydrogens (tertiary/aromatic N) is 1. The quantitative estimate of drug-likeness (QED) is 0.629. The number of hydrogen-bond donors (Lipinski definition) is 1. The summed E-state index contributed by atoms with van der Waals surface area (Å²) in [4.78, 5) is 12.4. The highest BCUT2D eigenvalue weighted by Gasteiger charge is 2.06. The highest BCUT2D eigenvalue weighted by Crippen LogP contribution is 2.27. The Labute approximate surface area is 133 Å². The predicted octanol–water partition coefficient (Wildman–Crippen LogP) is 3.31. The molecule has 0 atom stereocenters. The first kappa shape index (κ1) is 16.0. The molecule has 0 unspecified atom stereocenters. The van der Waals surface area contributed by atoms with Crippen molar-refractivity contribution in [3.8, 4) is 11.5 Å². The summed E-state index contributed by atoms with van der Waals surface area (Å²) in [5.74, 6) is 1.12. The summed E-state index contributed by atoms with van der Waals surface area (Å²) < 4.78 is 10.9.